The number of pyridine rings is 2. The Morgan fingerprint density at radius 2 is 1.73 bits per heavy atom. The van der Waals surface area contributed by atoms with Crippen molar-refractivity contribution in [1.82, 2.24) is 24.8 Å². The van der Waals surface area contributed by atoms with Crippen molar-refractivity contribution >= 4 is 45.9 Å². The molecule has 5 rings (SSSR count). The summed E-state index contributed by atoms with van der Waals surface area (Å²) >= 11 is 0. The minimum absolute atomic E-state index is 0.165. The molecule has 0 bridgehead atoms. The van der Waals surface area contributed by atoms with Gasteiger partial charge in [-0.25, -0.2) is 14.8 Å². The molecule has 11 nitrogen and oxygen atoms in total. The summed E-state index contributed by atoms with van der Waals surface area (Å²) < 4.78 is 5.41. The zero-order valence-corrected chi connectivity index (χ0v) is 22.5. The summed E-state index contributed by atoms with van der Waals surface area (Å²) in [5.41, 5.74) is 3.59. The number of anilines is 4. The van der Waals surface area contributed by atoms with Gasteiger partial charge in [0.15, 0.2) is 0 Å². The molecule has 4 aromatic rings. The lowest BCUT2D eigenvalue weighted by molar-refractivity contribution is -0.111. The topological polar surface area (TPSA) is 134 Å². The highest BCUT2D eigenvalue weighted by Crippen LogP contribution is 2.27. The molecule has 0 radical (unpaired) electrons. The third-order valence-electron chi connectivity index (χ3n) is 6.00. The molecule has 4 heterocycles. The first kappa shape index (κ1) is 26.5. The largest absolute Gasteiger partial charge is 0.444 e. The first-order chi connectivity index (χ1) is 19.2. The smallest absolute Gasteiger partial charge is 0.410 e. The van der Waals surface area contributed by atoms with E-state index in [2.05, 4.69) is 37.5 Å². The predicted molar refractivity (Wildman–Crippen MR) is 154 cm³/mol. The van der Waals surface area contributed by atoms with Crippen LogP contribution in [-0.4, -0.2) is 61.6 Å². The molecule has 0 saturated carbocycles. The maximum Gasteiger partial charge on any atom is 0.410 e. The normalized spacial score (nSPS) is 13.3. The zero-order chi connectivity index (χ0) is 28.3. The average molecular weight is 539 g/mol. The van der Waals surface area contributed by atoms with Gasteiger partial charge in [0.1, 0.15) is 16.8 Å². The van der Waals surface area contributed by atoms with E-state index in [0.717, 1.165) is 16.8 Å². The SMILES string of the molecule is C=CC(=O)Nc1ccnc(-c2nccc3cnc(Nc4ccc(NC5CN(C(=O)OC(C)(C)C)C5)cc4)nc23)c1. The first-order valence-electron chi connectivity index (χ1n) is 12.8. The average Bonchev–Trinajstić information content (AvgIpc) is 2.90. The van der Waals surface area contributed by atoms with Gasteiger partial charge < -0.3 is 25.6 Å². The number of nitrogens with one attached hydrogen (secondary N) is 3. The standard InChI is InChI=1S/C29H30N8O3/c1-5-24(38)34-21-11-13-30-23(14-21)26-25-18(10-12-31-26)15-32-27(36-25)35-20-8-6-19(7-9-20)33-22-16-37(17-22)28(39)40-29(2,3)4/h5-15,22,33H,1,16-17H2,2-4H3,(H,30,34,38)(H,32,35,36). The van der Waals surface area contributed by atoms with E-state index in [9.17, 15) is 9.59 Å². The lowest BCUT2D eigenvalue weighted by Gasteiger charge is -2.40. The summed E-state index contributed by atoms with van der Waals surface area (Å²) in [6.07, 6.45) is 5.91. The van der Waals surface area contributed by atoms with E-state index >= 15 is 0 Å². The maximum atomic E-state index is 12.1. The van der Waals surface area contributed by atoms with Crippen LogP contribution >= 0.6 is 0 Å². The third kappa shape index (κ3) is 6.32. The number of carbonyl (C=O) groups excluding carboxylic acids is 2. The highest BCUT2D eigenvalue weighted by Gasteiger charge is 2.33. The van der Waals surface area contributed by atoms with Crippen molar-refractivity contribution < 1.29 is 14.3 Å². The molecule has 0 unspecified atom stereocenters. The second-order valence-corrected chi connectivity index (χ2v) is 10.3. The summed E-state index contributed by atoms with van der Waals surface area (Å²) in [6.45, 7) is 10.2. The van der Waals surface area contributed by atoms with Gasteiger partial charge in [0.2, 0.25) is 11.9 Å². The zero-order valence-electron chi connectivity index (χ0n) is 22.5. The van der Waals surface area contributed by atoms with E-state index in [1.807, 2.05) is 51.1 Å². The number of hydrogen-bond acceptors (Lipinski definition) is 9. The fourth-order valence-corrected chi connectivity index (χ4v) is 4.09. The van der Waals surface area contributed by atoms with Crippen LogP contribution in [-0.2, 0) is 9.53 Å². The Morgan fingerprint density at radius 3 is 2.45 bits per heavy atom. The lowest BCUT2D eigenvalue weighted by atomic mass is 10.1. The van der Waals surface area contributed by atoms with Gasteiger partial charge in [0.05, 0.1) is 11.7 Å². The van der Waals surface area contributed by atoms with Crippen LogP contribution in [0.15, 0.2) is 73.7 Å². The van der Waals surface area contributed by atoms with Crippen LogP contribution in [0.2, 0.25) is 0 Å². The molecule has 3 aromatic heterocycles. The molecular formula is C29H30N8O3. The number of benzene rings is 1. The lowest BCUT2D eigenvalue weighted by Crippen LogP contribution is -2.57. The molecule has 1 aliphatic rings. The molecule has 3 N–H and O–H groups in total. The summed E-state index contributed by atoms with van der Waals surface area (Å²) in [4.78, 5) is 43.6. The number of hydrogen-bond donors (Lipinski definition) is 3. The summed E-state index contributed by atoms with van der Waals surface area (Å²) in [6, 6.07) is 13.2. The number of rotatable bonds is 7. The fraction of sp³-hybridized carbons (Fsp3) is 0.241. The highest BCUT2D eigenvalue weighted by atomic mass is 16.6. The van der Waals surface area contributed by atoms with Gasteiger partial charge in [-0.15, -0.1) is 0 Å². The molecule has 1 fully saturated rings. The van der Waals surface area contributed by atoms with Crippen molar-refractivity contribution in [1.29, 1.82) is 0 Å². The van der Waals surface area contributed by atoms with Crippen LogP contribution in [0, 0.1) is 0 Å². The minimum Gasteiger partial charge on any atom is -0.444 e. The van der Waals surface area contributed by atoms with E-state index in [4.69, 9.17) is 9.72 Å². The number of fused-ring (bicyclic) bond motifs is 1. The van der Waals surface area contributed by atoms with Gasteiger partial charge in [0, 0.05) is 54.1 Å². The first-order valence-corrected chi connectivity index (χ1v) is 12.8. The van der Waals surface area contributed by atoms with Crippen molar-refractivity contribution in [3.63, 3.8) is 0 Å². The molecule has 2 amide bonds. The van der Waals surface area contributed by atoms with E-state index < -0.39 is 5.60 Å². The predicted octanol–water partition coefficient (Wildman–Crippen LogP) is 4.99. The number of carbonyl (C=O) groups is 2. The van der Waals surface area contributed by atoms with Gasteiger partial charge in [-0.1, -0.05) is 6.58 Å². The summed E-state index contributed by atoms with van der Waals surface area (Å²) in [5.74, 6) is 0.0964. The van der Waals surface area contributed by atoms with Crippen LogP contribution in [0.5, 0.6) is 0 Å². The van der Waals surface area contributed by atoms with Crippen LogP contribution in [0.4, 0.5) is 27.8 Å². The molecule has 11 heteroatoms. The van der Waals surface area contributed by atoms with Crippen LogP contribution in [0.3, 0.4) is 0 Å². The Morgan fingerprint density at radius 1 is 1.00 bits per heavy atom. The molecule has 40 heavy (non-hydrogen) atoms. The highest BCUT2D eigenvalue weighted by molar-refractivity contribution is 5.99. The molecule has 204 valence electrons. The van der Waals surface area contributed by atoms with Gasteiger partial charge in [0.25, 0.3) is 0 Å². The van der Waals surface area contributed by atoms with Gasteiger partial charge in [-0.2, -0.15) is 0 Å². The van der Waals surface area contributed by atoms with Crippen LogP contribution in [0.25, 0.3) is 22.3 Å². The third-order valence-corrected chi connectivity index (χ3v) is 6.00. The van der Waals surface area contributed by atoms with Crippen LogP contribution < -0.4 is 16.0 Å². The van der Waals surface area contributed by atoms with Crippen molar-refractivity contribution in [2.75, 3.05) is 29.0 Å². The van der Waals surface area contributed by atoms with E-state index in [0.29, 0.717) is 41.6 Å². The molecule has 1 saturated heterocycles. The van der Waals surface area contributed by atoms with Crippen LogP contribution in [0.1, 0.15) is 20.8 Å². The second kappa shape index (κ2) is 11.0. The summed E-state index contributed by atoms with van der Waals surface area (Å²) in [5, 5.41) is 10.2. The Balaban J connectivity index is 1.25. The van der Waals surface area contributed by atoms with Gasteiger partial charge in [-0.05, 0) is 69.3 Å². The molecular weight excluding hydrogens is 508 g/mol. The Hall–Kier alpha value is -5.06. The Labute approximate surface area is 231 Å². The summed E-state index contributed by atoms with van der Waals surface area (Å²) in [7, 11) is 0. The Kier molecular flexibility index (Phi) is 7.28. The van der Waals surface area contributed by atoms with Gasteiger partial charge in [-0.3, -0.25) is 14.8 Å². The fourth-order valence-electron chi connectivity index (χ4n) is 4.09. The molecule has 1 aromatic carbocycles. The number of amides is 2. The van der Waals surface area contributed by atoms with Crippen molar-refractivity contribution in [2.24, 2.45) is 0 Å². The molecule has 0 atom stereocenters. The second-order valence-electron chi connectivity index (χ2n) is 10.3. The minimum atomic E-state index is -0.502. The van der Waals surface area contributed by atoms with Crippen molar-refractivity contribution in [3.05, 3.63) is 73.7 Å². The Bertz CT molecular complexity index is 1560. The monoisotopic (exact) mass is 538 g/mol. The van der Waals surface area contributed by atoms with Gasteiger partial charge >= 0.3 is 6.09 Å². The molecule has 0 aliphatic carbocycles. The number of likely N-dealkylation sites (tertiary alicyclic amines) is 1. The number of ether oxygens (including phenoxy) is 1. The molecule has 0 spiro atoms. The van der Waals surface area contributed by atoms with E-state index in [-0.39, 0.29) is 18.0 Å². The number of nitrogens with zero attached hydrogens (tertiary/aromatic N) is 5. The van der Waals surface area contributed by atoms with Crippen molar-refractivity contribution in [2.45, 2.75) is 32.4 Å². The molecule has 1 aliphatic heterocycles. The quantitative estimate of drug-likeness (QED) is 0.278. The maximum absolute atomic E-state index is 12.1. The van der Waals surface area contributed by atoms with Crippen molar-refractivity contribution in [3.8, 4) is 11.4 Å². The van der Waals surface area contributed by atoms with E-state index in [1.54, 1.807) is 35.6 Å². The number of aromatic nitrogens is 4. The van der Waals surface area contributed by atoms with E-state index in [1.165, 1.54) is 6.08 Å².